The lowest BCUT2D eigenvalue weighted by Gasteiger charge is -2.21. The molecule has 1 aromatic rings. The van der Waals surface area contributed by atoms with Crippen molar-refractivity contribution in [2.75, 3.05) is 13.2 Å². The lowest BCUT2D eigenvalue weighted by molar-refractivity contribution is -0.384. The SMILES string of the molecule is CC(C)(C)OCCC(NC(=O)COc1cccc([N+](=O)[O-])c1)C(=O)O. The second kappa shape index (κ2) is 8.97. The Bertz CT molecular complexity index is 625. The molecule has 0 bridgehead atoms. The maximum atomic E-state index is 11.8. The molecule has 2 N–H and O–H groups in total. The summed E-state index contributed by atoms with van der Waals surface area (Å²) in [6.45, 7) is 5.24. The van der Waals surface area contributed by atoms with Crippen molar-refractivity contribution < 1.29 is 29.1 Å². The number of ether oxygens (including phenoxy) is 2. The van der Waals surface area contributed by atoms with E-state index in [9.17, 15) is 19.7 Å². The van der Waals surface area contributed by atoms with Gasteiger partial charge in [0.1, 0.15) is 11.8 Å². The molecule has 25 heavy (non-hydrogen) atoms. The molecule has 1 rings (SSSR count). The first kappa shape index (κ1) is 20.4. The van der Waals surface area contributed by atoms with Crippen LogP contribution < -0.4 is 10.1 Å². The fourth-order valence-electron chi connectivity index (χ4n) is 1.81. The van der Waals surface area contributed by atoms with E-state index in [2.05, 4.69) is 5.32 Å². The van der Waals surface area contributed by atoms with Gasteiger partial charge in [-0.15, -0.1) is 0 Å². The van der Waals surface area contributed by atoms with Crippen LogP contribution in [0.2, 0.25) is 0 Å². The standard InChI is InChI=1S/C16H22N2O7/c1-16(2,3)25-8-7-13(15(20)21)17-14(19)10-24-12-6-4-5-11(9-12)18(22)23/h4-6,9,13H,7-8,10H2,1-3H3,(H,17,19)(H,20,21). The third kappa shape index (κ3) is 8.11. The smallest absolute Gasteiger partial charge is 0.326 e. The van der Waals surface area contributed by atoms with Crippen LogP contribution >= 0.6 is 0 Å². The molecule has 0 radical (unpaired) electrons. The molecule has 1 unspecified atom stereocenters. The van der Waals surface area contributed by atoms with Gasteiger partial charge in [0, 0.05) is 19.1 Å². The normalized spacial score (nSPS) is 12.3. The van der Waals surface area contributed by atoms with Gasteiger partial charge in [-0.3, -0.25) is 14.9 Å². The zero-order chi connectivity index (χ0) is 19.0. The molecule has 1 aromatic carbocycles. The molecule has 0 aromatic heterocycles. The van der Waals surface area contributed by atoms with E-state index in [1.54, 1.807) is 0 Å². The van der Waals surface area contributed by atoms with E-state index in [0.717, 1.165) is 0 Å². The van der Waals surface area contributed by atoms with Crippen molar-refractivity contribution in [2.45, 2.75) is 38.8 Å². The van der Waals surface area contributed by atoms with E-state index in [-0.39, 0.29) is 24.5 Å². The molecular formula is C16H22N2O7. The summed E-state index contributed by atoms with van der Waals surface area (Å²) in [5.74, 6) is -1.68. The van der Waals surface area contributed by atoms with E-state index in [1.165, 1.54) is 24.3 Å². The average Bonchev–Trinajstić information content (AvgIpc) is 2.51. The summed E-state index contributed by atoms with van der Waals surface area (Å²) >= 11 is 0. The number of nitro benzene ring substituents is 1. The number of benzene rings is 1. The Hall–Kier alpha value is -2.68. The van der Waals surface area contributed by atoms with Crippen LogP contribution in [0.4, 0.5) is 5.69 Å². The van der Waals surface area contributed by atoms with Crippen LogP contribution in [0.1, 0.15) is 27.2 Å². The monoisotopic (exact) mass is 354 g/mol. The summed E-state index contributed by atoms with van der Waals surface area (Å²) in [6, 6.07) is 4.26. The highest BCUT2D eigenvalue weighted by molar-refractivity contribution is 5.84. The maximum Gasteiger partial charge on any atom is 0.326 e. The van der Waals surface area contributed by atoms with Gasteiger partial charge in [0.05, 0.1) is 16.6 Å². The predicted octanol–water partition coefficient (Wildman–Crippen LogP) is 1.75. The number of carboxylic acid groups (broad SMARTS) is 1. The van der Waals surface area contributed by atoms with Crippen LogP contribution in [-0.2, 0) is 14.3 Å². The van der Waals surface area contributed by atoms with Crippen molar-refractivity contribution in [3.05, 3.63) is 34.4 Å². The summed E-state index contributed by atoms with van der Waals surface area (Å²) in [5.41, 5.74) is -0.571. The highest BCUT2D eigenvalue weighted by Crippen LogP contribution is 2.18. The van der Waals surface area contributed by atoms with Crippen LogP contribution in [-0.4, -0.2) is 46.8 Å². The molecule has 0 aliphatic carbocycles. The van der Waals surface area contributed by atoms with Gasteiger partial charge >= 0.3 is 5.97 Å². The molecule has 0 aliphatic heterocycles. The highest BCUT2D eigenvalue weighted by atomic mass is 16.6. The Morgan fingerprint density at radius 3 is 2.60 bits per heavy atom. The fraction of sp³-hybridized carbons (Fsp3) is 0.500. The Balaban J connectivity index is 2.51. The summed E-state index contributed by atoms with van der Waals surface area (Å²) < 4.78 is 10.6. The van der Waals surface area contributed by atoms with Gasteiger partial charge in [-0.1, -0.05) is 6.07 Å². The van der Waals surface area contributed by atoms with Gasteiger partial charge in [0.25, 0.3) is 11.6 Å². The number of nitrogens with one attached hydrogen (secondary N) is 1. The molecule has 0 heterocycles. The van der Waals surface area contributed by atoms with Gasteiger partial charge < -0.3 is 19.9 Å². The first-order valence-corrected chi connectivity index (χ1v) is 7.62. The highest BCUT2D eigenvalue weighted by Gasteiger charge is 2.21. The van der Waals surface area contributed by atoms with E-state index < -0.39 is 35.0 Å². The van der Waals surface area contributed by atoms with Gasteiger partial charge in [0.2, 0.25) is 0 Å². The Labute approximate surface area is 145 Å². The second-order valence-corrected chi connectivity index (χ2v) is 6.25. The molecule has 0 fully saturated rings. The summed E-state index contributed by atoms with van der Waals surface area (Å²) in [5, 5.41) is 22.2. The minimum Gasteiger partial charge on any atom is -0.484 e. The number of amides is 1. The number of carbonyl (C=O) groups excluding carboxylic acids is 1. The fourth-order valence-corrected chi connectivity index (χ4v) is 1.81. The number of carbonyl (C=O) groups is 2. The first-order valence-electron chi connectivity index (χ1n) is 7.62. The van der Waals surface area contributed by atoms with Crippen LogP contribution in [0.15, 0.2) is 24.3 Å². The van der Waals surface area contributed by atoms with Crippen LogP contribution in [0.25, 0.3) is 0 Å². The number of nitro groups is 1. The number of carboxylic acids is 1. The van der Waals surface area contributed by atoms with Crippen molar-refractivity contribution in [3.8, 4) is 5.75 Å². The van der Waals surface area contributed by atoms with Crippen molar-refractivity contribution in [3.63, 3.8) is 0 Å². The first-order chi connectivity index (χ1) is 11.6. The molecule has 0 saturated heterocycles. The van der Waals surface area contributed by atoms with Crippen LogP contribution in [0.5, 0.6) is 5.75 Å². The number of nitrogens with zero attached hydrogens (tertiary/aromatic N) is 1. The molecule has 0 spiro atoms. The third-order valence-electron chi connectivity index (χ3n) is 2.97. The van der Waals surface area contributed by atoms with E-state index >= 15 is 0 Å². The predicted molar refractivity (Wildman–Crippen MR) is 88.5 cm³/mol. The molecule has 9 nitrogen and oxygen atoms in total. The number of rotatable bonds is 9. The van der Waals surface area contributed by atoms with Gasteiger partial charge in [-0.05, 0) is 26.8 Å². The minimum absolute atomic E-state index is 0.106. The van der Waals surface area contributed by atoms with Gasteiger partial charge in [-0.25, -0.2) is 4.79 Å². The molecule has 1 atom stereocenters. The summed E-state index contributed by atoms with van der Waals surface area (Å²) in [6.07, 6.45) is 0.106. The summed E-state index contributed by atoms with van der Waals surface area (Å²) in [7, 11) is 0. The summed E-state index contributed by atoms with van der Waals surface area (Å²) in [4.78, 5) is 33.1. The molecule has 0 saturated carbocycles. The topological polar surface area (TPSA) is 128 Å². The van der Waals surface area contributed by atoms with E-state index in [0.29, 0.717) is 0 Å². The Morgan fingerprint density at radius 2 is 2.04 bits per heavy atom. The van der Waals surface area contributed by atoms with Crippen LogP contribution in [0.3, 0.4) is 0 Å². The molecule has 9 heteroatoms. The number of hydrogen-bond donors (Lipinski definition) is 2. The number of non-ortho nitro benzene ring substituents is 1. The second-order valence-electron chi connectivity index (χ2n) is 6.25. The Kier molecular flexibility index (Phi) is 7.31. The molecule has 0 aliphatic rings. The molecule has 138 valence electrons. The molecular weight excluding hydrogens is 332 g/mol. The van der Waals surface area contributed by atoms with Crippen molar-refractivity contribution in [1.82, 2.24) is 5.32 Å². The van der Waals surface area contributed by atoms with Crippen molar-refractivity contribution in [2.24, 2.45) is 0 Å². The average molecular weight is 354 g/mol. The Morgan fingerprint density at radius 1 is 1.36 bits per heavy atom. The maximum absolute atomic E-state index is 11.8. The van der Waals surface area contributed by atoms with Crippen molar-refractivity contribution >= 4 is 17.6 Å². The number of hydrogen-bond acceptors (Lipinski definition) is 6. The largest absolute Gasteiger partial charge is 0.484 e. The molecule has 1 amide bonds. The zero-order valence-corrected chi connectivity index (χ0v) is 14.4. The van der Waals surface area contributed by atoms with Crippen LogP contribution in [0, 0.1) is 10.1 Å². The lowest BCUT2D eigenvalue weighted by atomic mass is 10.2. The quantitative estimate of drug-likeness (QED) is 0.510. The van der Waals surface area contributed by atoms with Gasteiger partial charge in [0.15, 0.2) is 6.61 Å². The number of aliphatic carboxylic acids is 1. The van der Waals surface area contributed by atoms with Gasteiger partial charge in [-0.2, -0.15) is 0 Å². The van der Waals surface area contributed by atoms with Crippen molar-refractivity contribution in [1.29, 1.82) is 0 Å². The van der Waals surface area contributed by atoms with E-state index in [1.807, 2.05) is 20.8 Å². The zero-order valence-electron chi connectivity index (χ0n) is 14.4. The third-order valence-corrected chi connectivity index (χ3v) is 2.97. The lowest BCUT2D eigenvalue weighted by Crippen LogP contribution is -2.44. The minimum atomic E-state index is -1.18. The van der Waals surface area contributed by atoms with E-state index in [4.69, 9.17) is 14.6 Å².